The zero-order chi connectivity index (χ0) is 14.5. The Balaban J connectivity index is 2.04. The maximum Gasteiger partial charge on any atom is 0.218 e. The van der Waals surface area contributed by atoms with E-state index in [1.54, 1.807) is 6.07 Å². The van der Waals surface area contributed by atoms with Crippen LogP contribution in [0.25, 0.3) is 0 Å². The van der Waals surface area contributed by atoms with Crippen molar-refractivity contribution >= 4 is 5.82 Å². The Morgan fingerprint density at radius 1 is 1.35 bits per heavy atom. The molecule has 1 aromatic heterocycles. The molecule has 0 spiro atoms. The predicted molar refractivity (Wildman–Crippen MR) is 80.5 cm³/mol. The van der Waals surface area contributed by atoms with Gasteiger partial charge in [0.25, 0.3) is 0 Å². The molecule has 2 rings (SSSR count). The van der Waals surface area contributed by atoms with Gasteiger partial charge in [-0.15, -0.1) is 0 Å². The third-order valence-corrected chi connectivity index (χ3v) is 3.75. The quantitative estimate of drug-likeness (QED) is 0.491. The molecule has 5 heteroatoms. The van der Waals surface area contributed by atoms with Crippen LogP contribution in [0, 0.1) is 11.8 Å². The van der Waals surface area contributed by atoms with Gasteiger partial charge >= 0.3 is 0 Å². The van der Waals surface area contributed by atoms with Crippen molar-refractivity contribution in [2.45, 2.75) is 39.5 Å². The molecule has 0 aromatic carbocycles. The van der Waals surface area contributed by atoms with Crippen LogP contribution in [0.15, 0.2) is 18.2 Å². The lowest BCUT2D eigenvalue weighted by Crippen LogP contribution is -2.21. The van der Waals surface area contributed by atoms with Crippen molar-refractivity contribution in [1.29, 1.82) is 0 Å². The first-order valence-electron chi connectivity index (χ1n) is 7.23. The fourth-order valence-electron chi connectivity index (χ4n) is 2.28. The van der Waals surface area contributed by atoms with Gasteiger partial charge in [0.1, 0.15) is 11.6 Å². The smallest absolute Gasteiger partial charge is 0.218 e. The number of nitrogens with zero attached hydrogens (tertiary/aromatic N) is 2. The zero-order valence-electron chi connectivity index (χ0n) is 12.5. The van der Waals surface area contributed by atoms with E-state index >= 15 is 0 Å². The van der Waals surface area contributed by atoms with E-state index in [0.717, 1.165) is 18.7 Å². The molecule has 1 heterocycles. The van der Waals surface area contributed by atoms with Crippen LogP contribution in [0.5, 0.6) is 5.88 Å². The van der Waals surface area contributed by atoms with E-state index in [9.17, 15) is 0 Å². The molecule has 3 N–H and O–H groups in total. The Morgan fingerprint density at radius 2 is 2.10 bits per heavy atom. The number of aromatic nitrogens is 2. The summed E-state index contributed by atoms with van der Waals surface area (Å²) in [5.74, 6) is 8.81. The molecule has 0 radical (unpaired) electrons. The third kappa shape index (κ3) is 3.70. The van der Waals surface area contributed by atoms with Gasteiger partial charge in [-0.05, 0) is 24.7 Å². The van der Waals surface area contributed by atoms with E-state index in [2.05, 4.69) is 34.5 Å². The largest absolute Gasteiger partial charge is 0.477 e. The van der Waals surface area contributed by atoms with E-state index in [0.29, 0.717) is 30.1 Å². The Bertz CT molecular complexity index is 473. The lowest BCUT2D eigenvalue weighted by atomic mass is 9.85. The number of ether oxygens (including phenoxy) is 1. The van der Waals surface area contributed by atoms with E-state index in [1.807, 2.05) is 13.8 Å². The molecule has 2 unspecified atom stereocenters. The van der Waals surface area contributed by atoms with Crippen molar-refractivity contribution in [2.24, 2.45) is 17.7 Å². The van der Waals surface area contributed by atoms with Crippen LogP contribution in [0.1, 0.15) is 45.4 Å². The maximum absolute atomic E-state index is 5.87. The highest BCUT2D eigenvalue weighted by atomic mass is 16.5. The molecular formula is C15H24N4O. The Labute approximate surface area is 120 Å². The summed E-state index contributed by atoms with van der Waals surface area (Å²) in [5, 5.41) is 0. The first-order chi connectivity index (χ1) is 9.60. The summed E-state index contributed by atoms with van der Waals surface area (Å²) in [5.41, 5.74) is 2.57. The summed E-state index contributed by atoms with van der Waals surface area (Å²) in [6.45, 7) is 7.05. The minimum atomic E-state index is 0.238. The Morgan fingerprint density at radius 3 is 2.75 bits per heavy atom. The lowest BCUT2D eigenvalue weighted by molar-refractivity contribution is 0.192. The number of rotatable bonds is 5. The van der Waals surface area contributed by atoms with Gasteiger partial charge in [0.05, 0.1) is 6.61 Å². The van der Waals surface area contributed by atoms with Gasteiger partial charge in [-0.1, -0.05) is 32.9 Å². The van der Waals surface area contributed by atoms with Crippen molar-refractivity contribution in [1.82, 2.24) is 9.97 Å². The third-order valence-electron chi connectivity index (χ3n) is 3.75. The second-order valence-corrected chi connectivity index (χ2v) is 5.74. The van der Waals surface area contributed by atoms with Crippen LogP contribution in [0.4, 0.5) is 5.82 Å². The molecule has 0 amide bonds. The highest BCUT2D eigenvalue weighted by molar-refractivity contribution is 5.37. The summed E-state index contributed by atoms with van der Waals surface area (Å²) >= 11 is 0. The molecule has 0 saturated heterocycles. The van der Waals surface area contributed by atoms with Crippen LogP contribution < -0.4 is 16.0 Å². The number of hydrogen-bond donors (Lipinski definition) is 2. The molecule has 20 heavy (non-hydrogen) atoms. The number of nitrogens with one attached hydrogen (secondary N) is 1. The highest BCUT2D eigenvalue weighted by Crippen LogP contribution is 2.26. The normalized spacial score (nSPS) is 22.1. The van der Waals surface area contributed by atoms with Gasteiger partial charge in [-0.25, -0.2) is 10.8 Å². The zero-order valence-corrected chi connectivity index (χ0v) is 12.5. The molecule has 0 aliphatic heterocycles. The van der Waals surface area contributed by atoms with E-state index in [-0.39, 0.29) is 5.92 Å². The monoisotopic (exact) mass is 276 g/mol. The molecule has 110 valence electrons. The number of nitrogens with two attached hydrogens (primary N) is 1. The van der Waals surface area contributed by atoms with Gasteiger partial charge in [-0.3, -0.25) is 0 Å². The molecule has 0 bridgehead atoms. The topological polar surface area (TPSA) is 73.1 Å². The standard InChI is InChI=1S/C15H24N4O/c1-10(2)15-17-13(19-16)8-14(18-15)20-9-12-7-5-4-6-11(12)3/h4-5,8,10-12H,6-7,9,16H2,1-3H3,(H,17,18,19). The van der Waals surface area contributed by atoms with E-state index < -0.39 is 0 Å². The van der Waals surface area contributed by atoms with Crippen LogP contribution in [0.3, 0.4) is 0 Å². The van der Waals surface area contributed by atoms with Crippen LogP contribution in [-0.2, 0) is 0 Å². The summed E-state index contributed by atoms with van der Waals surface area (Å²) in [7, 11) is 0. The molecule has 1 aliphatic rings. The van der Waals surface area contributed by atoms with Gasteiger partial charge in [-0.2, -0.15) is 4.98 Å². The minimum absolute atomic E-state index is 0.238. The fourth-order valence-corrected chi connectivity index (χ4v) is 2.28. The number of nitrogen functional groups attached to an aromatic ring is 1. The predicted octanol–water partition coefficient (Wildman–Crippen LogP) is 2.87. The van der Waals surface area contributed by atoms with Crippen molar-refractivity contribution < 1.29 is 4.74 Å². The number of allylic oxidation sites excluding steroid dienone is 2. The second-order valence-electron chi connectivity index (χ2n) is 5.74. The van der Waals surface area contributed by atoms with Gasteiger partial charge in [0, 0.05) is 12.0 Å². The van der Waals surface area contributed by atoms with Gasteiger partial charge in [0.2, 0.25) is 5.88 Å². The fraction of sp³-hybridized carbons (Fsp3) is 0.600. The molecular weight excluding hydrogens is 252 g/mol. The number of hydrogen-bond acceptors (Lipinski definition) is 5. The first-order valence-corrected chi connectivity index (χ1v) is 7.23. The summed E-state index contributed by atoms with van der Waals surface area (Å²) in [6, 6.07) is 1.75. The van der Waals surface area contributed by atoms with Crippen LogP contribution in [-0.4, -0.2) is 16.6 Å². The van der Waals surface area contributed by atoms with Crippen molar-refractivity contribution in [3.05, 3.63) is 24.0 Å². The maximum atomic E-state index is 5.87. The van der Waals surface area contributed by atoms with Crippen molar-refractivity contribution in [3.8, 4) is 5.88 Å². The van der Waals surface area contributed by atoms with Gasteiger partial charge < -0.3 is 10.2 Å². The molecule has 1 aliphatic carbocycles. The Kier molecular flexibility index (Phi) is 4.95. The molecule has 1 aromatic rings. The summed E-state index contributed by atoms with van der Waals surface area (Å²) < 4.78 is 5.87. The second kappa shape index (κ2) is 6.70. The highest BCUT2D eigenvalue weighted by Gasteiger charge is 2.19. The minimum Gasteiger partial charge on any atom is -0.477 e. The average Bonchev–Trinajstić information content (AvgIpc) is 2.46. The first kappa shape index (κ1) is 14.8. The lowest BCUT2D eigenvalue weighted by Gasteiger charge is -2.25. The van der Waals surface area contributed by atoms with Crippen molar-refractivity contribution in [3.63, 3.8) is 0 Å². The SMILES string of the molecule is CC(C)c1nc(NN)cc(OCC2CC=CCC2C)n1. The van der Waals surface area contributed by atoms with E-state index in [4.69, 9.17) is 10.6 Å². The van der Waals surface area contributed by atoms with E-state index in [1.165, 1.54) is 0 Å². The van der Waals surface area contributed by atoms with Gasteiger partial charge in [0.15, 0.2) is 0 Å². The molecule has 2 atom stereocenters. The summed E-state index contributed by atoms with van der Waals surface area (Å²) in [6.07, 6.45) is 6.69. The van der Waals surface area contributed by atoms with Crippen LogP contribution >= 0.6 is 0 Å². The number of hydrazine groups is 1. The number of anilines is 1. The Hall–Kier alpha value is -1.62. The van der Waals surface area contributed by atoms with Crippen molar-refractivity contribution in [2.75, 3.05) is 12.0 Å². The molecule has 0 fully saturated rings. The average molecular weight is 276 g/mol. The summed E-state index contributed by atoms with van der Waals surface area (Å²) in [4.78, 5) is 8.77. The van der Waals surface area contributed by atoms with Crippen LogP contribution in [0.2, 0.25) is 0 Å². The molecule has 5 nitrogen and oxygen atoms in total. The molecule has 0 saturated carbocycles.